The smallest absolute Gasteiger partial charge is 0.228 e. The van der Waals surface area contributed by atoms with Crippen molar-refractivity contribution in [2.45, 2.75) is 51.6 Å². The molecule has 158 valence electrons. The summed E-state index contributed by atoms with van der Waals surface area (Å²) in [6, 6.07) is 4.09. The van der Waals surface area contributed by atoms with Crippen LogP contribution in [0.25, 0.3) is 0 Å². The van der Waals surface area contributed by atoms with E-state index in [9.17, 15) is 14.4 Å². The number of aryl methyl sites for hydroxylation is 1. The number of benzene rings is 1. The quantitative estimate of drug-likeness (QED) is 0.738. The normalized spacial score (nSPS) is 24.7. The molecule has 2 aliphatic heterocycles. The number of hydrogen-bond donors (Lipinski definition) is 1. The van der Waals surface area contributed by atoms with Gasteiger partial charge >= 0.3 is 0 Å². The van der Waals surface area contributed by atoms with Gasteiger partial charge in [0.05, 0.1) is 24.1 Å². The zero-order chi connectivity index (χ0) is 21.3. The second-order valence-corrected chi connectivity index (χ2v) is 8.52. The number of piperazine rings is 1. The van der Waals surface area contributed by atoms with E-state index >= 15 is 0 Å². The third-order valence-electron chi connectivity index (χ3n) is 5.93. The Kier molecular flexibility index (Phi) is 6.08. The molecule has 29 heavy (non-hydrogen) atoms. The zero-order valence-corrected chi connectivity index (χ0v) is 18.1. The lowest BCUT2D eigenvalue weighted by Gasteiger charge is -2.41. The number of hydrogen-bond acceptors (Lipinski definition) is 5. The van der Waals surface area contributed by atoms with E-state index in [-0.39, 0.29) is 36.5 Å². The number of carbonyl (C=O) groups is 3. The Morgan fingerprint density at radius 1 is 1.34 bits per heavy atom. The molecule has 2 aliphatic rings. The van der Waals surface area contributed by atoms with Crippen molar-refractivity contribution in [1.29, 1.82) is 0 Å². The van der Waals surface area contributed by atoms with Crippen LogP contribution >= 0.6 is 11.6 Å². The predicted molar refractivity (Wildman–Crippen MR) is 112 cm³/mol. The number of nitrogens with one attached hydrogen (secondary N) is 1. The van der Waals surface area contributed by atoms with Gasteiger partial charge in [0.2, 0.25) is 11.8 Å². The molecule has 0 unspecified atom stereocenters. The van der Waals surface area contributed by atoms with Gasteiger partial charge in [0.1, 0.15) is 5.75 Å². The van der Waals surface area contributed by atoms with Crippen LogP contribution in [0.4, 0.5) is 5.69 Å². The van der Waals surface area contributed by atoms with Crippen molar-refractivity contribution >= 4 is 34.9 Å². The molecule has 1 N–H and O–H groups in total. The molecule has 0 aromatic heterocycles. The molecule has 0 spiro atoms. The van der Waals surface area contributed by atoms with Crippen LogP contribution in [0.15, 0.2) is 12.1 Å². The number of nitrogens with zero attached hydrogens (tertiary/aromatic N) is 2. The summed E-state index contributed by atoms with van der Waals surface area (Å²) in [6.07, 6.45) is 0.478. The highest BCUT2D eigenvalue weighted by atomic mass is 35.5. The standard InChI is InChI=1S/C21H28ClN3O4/c1-13-9-15(10-16(29-4)20(13)22)25-8-7-24(12-14(25)2)19(28)5-6-21(3)17(26)11-18(27)23-21/h9-10,14H,5-8,11-12H2,1-4H3,(H,23,27)/t14-,21+/m0/s1. The average Bonchev–Trinajstić information content (AvgIpc) is 2.93. The first-order valence-corrected chi connectivity index (χ1v) is 10.3. The third kappa shape index (κ3) is 4.34. The highest BCUT2D eigenvalue weighted by Gasteiger charge is 2.42. The van der Waals surface area contributed by atoms with E-state index < -0.39 is 5.54 Å². The Hall–Kier alpha value is -2.28. The van der Waals surface area contributed by atoms with E-state index in [4.69, 9.17) is 16.3 Å². The number of ether oxygens (including phenoxy) is 1. The Morgan fingerprint density at radius 3 is 2.66 bits per heavy atom. The second kappa shape index (κ2) is 8.22. The lowest BCUT2D eigenvalue weighted by atomic mass is 9.92. The summed E-state index contributed by atoms with van der Waals surface area (Å²) < 4.78 is 5.38. The van der Waals surface area contributed by atoms with Crippen LogP contribution in [-0.2, 0) is 14.4 Å². The number of ketones is 1. The summed E-state index contributed by atoms with van der Waals surface area (Å²) >= 11 is 6.28. The fourth-order valence-corrected chi connectivity index (χ4v) is 4.27. The van der Waals surface area contributed by atoms with E-state index in [0.29, 0.717) is 36.8 Å². The minimum absolute atomic E-state index is 0.0107. The lowest BCUT2D eigenvalue weighted by molar-refractivity contribution is -0.132. The minimum Gasteiger partial charge on any atom is -0.495 e. The van der Waals surface area contributed by atoms with Gasteiger partial charge in [-0.25, -0.2) is 0 Å². The molecule has 2 heterocycles. The predicted octanol–water partition coefficient (Wildman–Crippen LogP) is 2.32. The second-order valence-electron chi connectivity index (χ2n) is 8.14. The van der Waals surface area contributed by atoms with Crippen molar-refractivity contribution in [2.75, 3.05) is 31.6 Å². The van der Waals surface area contributed by atoms with Gasteiger partial charge in [-0.2, -0.15) is 0 Å². The SMILES string of the molecule is COc1cc(N2CCN(C(=O)CC[C@@]3(C)NC(=O)CC3=O)C[C@@H]2C)cc(C)c1Cl. The van der Waals surface area contributed by atoms with Crippen LogP contribution < -0.4 is 15.0 Å². The van der Waals surface area contributed by atoms with E-state index in [1.54, 1.807) is 14.0 Å². The van der Waals surface area contributed by atoms with Crippen molar-refractivity contribution in [3.8, 4) is 5.75 Å². The maximum Gasteiger partial charge on any atom is 0.228 e. The Bertz CT molecular complexity index is 843. The van der Waals surface area contributed by atoms with Crippen LogP contribution in [-0.4, -0.2) is 60.8 Å². The number of carbonyl (C=O) groups excluding carboxylic acids is 3. The number of halogens is 1. The molecule has 1 aromatic rings. The molecular formula is C21H28ClN3O4. The molecule has 2 amide bonds. The zero-order valence-electron chi connectivity index (χ0n) is 17.4. The molecule has 2 saturated heterocycles. The summed E-state index contributed by atoms with van der Waals surface area (Å²) in [5.41, 5.74) is 1.05. The number of Topliss-reactive ketones (excluding diaryl/α,β-unsaturated/α-hetero) is 1. The largest absolute Gasteiger partial charge is 0.495 e. The Morgan fingerprint density at radius 2 is 2.07 bits per heavy atom. The Labute approximate surface area is 176 Å². The summed E-state index contributed by atoms with van der Waals surface area (Å²) in [4.78, 5) is 40.3. The monoisotopic (exact) mass is 421 g/mol. The molecule has 2 fully saturated rings. The molecular weight excluding hydrogens is 394 g/mol. The Balaban J connectivity index is 1.61. The van der Waals surface area contributed by atoms with Gasteiger partial charge in [0.25, 0.3) is 0 Å². The van der Waals surface area contributed by atoms with E-state index in [2.05, 4.69) is 17.1 Å². The topological polar surface area (TPSA) is 79.0 Å². The van der Waals surface area contributed by atoms with Gasteiger partial charge in [-0.15, -0.1) is 0 Å². The first-order valence-electron chi connectivity index (χ1n) is 9.87. The molecule has 2 atom stereocenters. The molecule has 0 radical (unpaired) electrons. The molecule has 7 nitrogen and oxygen atoms in total. The molecule has 3 rings (SSSR count). The average molecular weight is 422 g/mol. The van der Waals surface area contributed by atoms with Crippen molar-refractivity contribution < 1.29 is 19.1 Å². The lowest BCUT2D eigenvalue weighted by Crippen LogP contribution is -2.54. The van der Waals surface area contributed by atoms with Crippen LogP contribution in [0.5, 0.6) is 5.75 Å². The van der Waals surface area contributed by atoms with Gasteiger partial charge in [0, 0.05) is 43.9 Å². The fraction of sp³-hybridized carbons (Fsp3) is 0.571. The van der Waals surface area contributed by atoms with Gasteiger partial charge in [0.15, 0.2) is 5.78 Å². The molecule has 8 heteroatoms. The van der Waals surface area contributed by atoms with Crippen LogP contribution in [0.2, 0.25) is 5.02 Å². The third-order valence-corrected chi connectivity index (χ3v) is 6.41. The highest BCUT2D eigenvalue weighted by molar-refractivity contribution is 6.32. The summed E-state index contributed by atoms with van der Waals surface area (Å²) in [6.45, 7) is 7.62. The molecule has 0 saturated carbocycles. The fourth-order valence-electron chi connectivity index (χ4n) is 4.08. The van der Waals surface area contributed by atoms with Crippen molar-refractivity contribution in [3.63, 3.8) is 0 Å². The van der Waals surface area contributed by atoms with Gasteiger partial charge in [-0.1, -0.05) is 11.6 Å². The van der Waals surface area contributed by atoms with Crippen LogP contribution in [0.1, 0.15) is 38.7 Å². The maximum atomic E-state index is 12.7. The van der Waals surface area contributed by atoms with Crippen LogP contribution in [0.3, 0.4) is 0 Å². The van der Waals surface area contributed by atoms with E-state index in [0.717, 1.165) is 11.3 Å². The van der Waals surface area contributed by atoms with Crippen molar-refractivity contribution in [1.82, 2.24) is 10.2 Å². The summed E-state index contributed by atoms with van der Waals surface area (Å²) in [5.74, 6) is 0.252. The van der Waals surface area contributed by atoms with Gasteiger partial charge < -0.3 is 19.9 Å². The summed E-state index contributed by atoms with van der Waals surface area (Å²) in [5, 5.41) is 3.32. The highest BCUT2D eigenvalue weighted by Crippen LogP contribution is 2.34. The van der Waals surface area contributed by atoms with Gasteiger partial charge in [-0.05, 0) is 38.8 Å². The van der Waals surface area contributed by atoms with Crippen molar-refractivity contribution in [3.05, 3.63) is 22.7 Å². The van der Waals surface area contributed by atoms with Crippen molar-refractivity contribution in [2.24, 2.45) is 0 Å². The minimum atomic E-state index is -0.919. The number of amides is 2. The number of anilines is 1. The summed E-state index contributed by atoms with van der Waals surface area (Å²) in [7, 11) is 1.60. The first kappa shape index (κ1) is 21.4. The molecule has 0 bridgehead atoms. The van der Waals surface area contributed by atoms with Gasteiger partial charge in [-0.3, -0.25) is 14.4 Å². The van der Waals surface area contributed by atoms with E-state index in [1.807, 2.05) is 24.0 Å². The van der Waals surface area contributed by atoms with E-state index in [1.165, 1.54) is 0 Å². The van der Waals surface area contributed by atoms with Crippen LogP contribution in [0, 0.1) is 6.92 Å². The molecule has 0 aliphatic carbocycles. The molecule has 1 aromatic carbocycles. The number of rotatable bonds is 5. The number of methoxy groups -OCH3 is 1. The maximum absolute atomic E-state index is 12.7. The first-order chi connectivity index (χ1) is 13.6.